The van der Waals surface area contributed by atoms with Crippen LogP contribution in [0.25, 0.3) is 0 Å². The van der Waals surface area contributed by atoms with Gasteiger partial charge in [-0.25, -0.2) is 4.79 Å². The molecule has 0 aromatic heterocycles. The first-order chi connectivity index (χ1) is 11.5. The summed E-state index contributed by atoms with van der Waals surface area (Å²) in [5, 5.41) is 5.66. The highest BCUT2D eigenvalue weighted by Gasteiger charge is 2.05. The highest BCUT2D eigenvalue weighted by molar-refractivity contribution is 7.84. The number of nitrogens with one attached hydrogen (secondary N) is 2. The van der Waals surface area contributed by atoms with Crippen molar-refractivity contribution in [3.05, 3.63) is 54.1 Å². The van der Waals surface area contributed by atoms with Crippen LogP contribution in [0.4, 0.5) is 16.2 Å². The van der Waals surface area contributed by atoms with Gasteiger partial charge in [-0.2, -0.15) is 0 Å². The average Bonchev–Trinajstić information content (AvgIpc) is 2.59. The van der Waals surface area contributed by atoms with E-state index >= 15 is 0 Å². The van der Waals surface area contributed by atoms with Crippen molar-refractivity contribution in [3.8, 4) is 0 Å². The molecule has 0 aliphatic heterocycles. The number of urea groups is 1. The molecule has 0 saturated heterocycles. The van der Waals surface area contributed by atoms with E-state index in [1.165, 1.54) is 0 Å². The van der Waals surface area contributed by atoms with E-state index in [4.69, 9.17) is 0 Å². The van der Waals surface area contributed by atoms with Gasteiger partial charge in [-0.15, -0.1) is 0 Å². The highest BCUT2D eigenvalue weighted by Crippen LogP contribution is 2.18. The fraction of sp³-hybridized carbons (Fsp3) is 0.278. The van der Waals surface area contributed by atoms with Crippen molar-refractivity contribution in [1.29, 1.82) is 0 Å². The Morgan fingerprint density at radius 2 is 1.88 bits per heavy atom. The lowest BCUT2D eigenvalue weighted by Crippen LogP contribution is -2.28. The maximum Gasteiger partial charge on any atom is 0.319 e. The van der Waals surface area contributed by atoms with Crippen LogP contribution in [0.15, 0.2) is 53.4 Å². The lowest BCUT2D eigenvalue weighted by atomic mass is 10.2. The summed E-state index contributed by atoms with van der Waals surface area (Å²) in [7, 11) is 1.02. The van der Waals surface area contributed by atoms with Crippen molar-refractivity contribution in [2.75, 3.05) is 30.1 Å². The van der Waals surface area contributed by atoms with Crippen molar-refractivity contribution >= 4 is 28.2 Å². The standard InChI is InChI=1S/C18H23N3O2S/c1-4-21(2)16-7-5-6-15(12-16)20-18(22)19-13-14-8-10-17(11-9-14)24(3)23/h5-12H,4,13H2,1-3H3,(H2,19,20,22). The first-order valence-corrected chi connectivity index (χ1v) is 9.34. The predicted molar refractivity (Wildman–Crippen MR) is 100 cm³/mol. The number of amides is 2. The second-order valence-corrected chi connectivity index (χ2v) is 6.85. The first kappa shape index (κ1) is 18.0. The minimum absolute atomic E-state index is 0.255. The Morgan fingerprint density at radius 3 is 2.50 bits per heavy atom. The predicted octanol–water partition coefficient (Wildman–Crippen LogP) is 3.20. The Hall–Kier alpha value is -2.34. The molecule has 2 N–H and O–H groups in total. The van der Waals surface area contributed by atoms with Crippen LogP contribution in [0, 0.1) is 0 Å². The molecule has 0 aliphatic rings. The van der Waals surface area contributed by atoms with Gasteiger partial charge < -0.3 is 15.5 Å². The summed E-state index contributed by atoms with van der Waals surface area (Å²) in [4.78, 5) is 14.9. The van der Waals surface area contributed by atoms with Gasteiger partial charge in [0.15, 0.2) is 0 Å². The number of carbonyl (C=O) groups excluding carboxylic acids is 1. The van der Waals surface area contributed by atoms with Crippen LogP contribution in [0.2, 0.25) is 0 Å². The maximum absolute atomic E-state index is 12.0. The molecule has 0 saturated carbocycles. The zero-order valence-corrected chi connectivity index (χ0v) is 15.0. The molecule has 24 heavy (non-hydrogen) atoms. The smallest absolute Gasteiger partial charge is 0.319 e. The number of rotatable bonds is 6. The highest BCUT2D eigenvalue weighted by atomic mass is 32.2. The first-order valence-electron chi connectivity index (χ1n) is 7.78. The fourth-order valence-electron chi connectivity index (χ4n) is 2.16. The second kappa shape index (κ2) is 8.49. The third-order valence-corrected chi connectivity index (χ3v) is 4.66. The topological polar surface area (TPSA) is 61.4 Å². The third kappa shape index (κ3) is 5.09. The molecule has 0 spiro atoms. The number of carbonyl (C=O) groups is 1. The van der Waals surface area contributed by atoms with E-state index in [1.807, 2.05) is 55.6 Å². The van der Waals surface area contributed by atoms with Crippen molar-refractivity contribution in [2.24, 2.45) is 0 Å². The molecule has 0 fully saturated rings. The van der Waals surface area contributed by atoms with E-state index in [1.54, 1.807) is 6.26 Å². The molecule has 0 aliphatic carbocycles. The molecule has 0 radical (unpaired) electrons. The number of hydrogen-bond donors (Lipinski definition) is 2. The van der Waals surface area contributed by atoms with Crippen LogP contribution in [0.1, 0.15) is 12.5 Å². The van der Waals surface area contributed by atoms with Crippen LogP contribution >= 0.6 is 0 Å². The number of nitrogens with zero attached hydrogens (tertiary/aromatic N) is 1. The maximum atomic E-state index is 12.0. The lowest BCUT2D eigenvalue weighted by Gasteiger charge is -2.17. The van der Waals surface area contributed by atoms with Crippen LogP contribution in [0.3, 0.4) is 0 Å². The normalized spacial score (nSPS) is 11.6. The van der Waals surface area contributed by atoms with Gasteiger partial charge in [-0.05, 0) is 42.8 Å². The van der Waals surface area contributed by atoms with Gasteiger partial charge >= 0.3 is 6.03 Å². The van der Waals surface area contributed by atoms with Crippen LogP contribution in [0.5, 0.6) is 0 Å². The summed E-state index contributed by atoms with van der Waals surface area (Å²) >= 11 is 0. The van der Waals surface area contributed by atoms with E-state index < -0.39 is 10.8 Å². The van der Waals surface area contributed by atoms with Crippen molar-refractivity contribution in [2.45, 2.75) is 18.4 Å². The molecular weight excluding hydrogens is 322 g/mol. The summed E-state index contributed by atoms with van der Waals surface area (Å²) in [5.41, 5.74) is 2.76. The molecule has 5 nitrogen and oxygen atoms in total. The summed E-state index contributed by atoms with van der Waals surface area (Å²) in [6.45, 7) is 3.39. The van der Waals surface area contributed by atoms with Crippen molar-refractivity contribution in [3.63, 3.8) is 0 Å². The Labute approximate surface area is 145 Å². The zero-order chi connectivity index (χ0) is 17.5. The quantitative estimate of drug-likeness (QED) is 0.845. The lowest BCUT2D eigenvalue weighted by molar-refractivity contribution is 0.251. The molecular formula is C18H23N3O2S. The number of benzene rings is 2. The van der Waals surface area contributed by atoms with E-state index in [-0.39, 0.29) is 6.03 Å². The second-order valence-electron chi connectivity index (χ2n) is 5.47. The van der Waals surface area contributed by atoms with Gasteiger partial charge in [0.05, 0.1) is 0 Å². The van der Waals surface area contributed by atoms with Crippen LogP contribution < -0.4 is 15.5 Å². The Balaban J connectivity index is 1.90. The molecule has 0 heterocycles. The van der Waals surface area contributed by atoms with E-state index in [0.717, 1.165) is 28.4 Å². The average molecular weight is 345 g/mol. The largest absolute Gasteiger partial charge is 0.375 e. The minimum atomic E-state index is -0.987. The molecule has 6 heteroatoms. The molecule has 2 aromatic rings. The molecule has 2 aromatic carbocycles. The monoisotopic (exact) mass is 345 g/mol. The SMILES string of the molecule is CCN(C)c1cccc(NC(=O)NCc2ccc(S(C)=O)cc2)c1. The number of hydrogen-bond acceptors (Lipinski definition) is 3. The van der Waals surface area contributed by atoms with Crippen molar-refractivity contribution in [1.82, 2.24) is 5.32 Å². The Morgan fingerprint density at radius 1 is 1.17 bits per heavy atom. The third-order valence-electron chi connectivity index (χ3n) is 3.73. The van der Waals surface area contributed by atoms with Gasteiger partial charge in [0.25, 0.3) is 0 Å². The van der Waals surface area contributed by atoms with Gasteiger partial charge in [-0.3, -0.25) is 4.21 Å². The zero-order valence-electron chi connectivity index (χ0n) is 14.2. The van der Waals surface area contributed by atoms with Gasteiger partial charge in [0.1, 0.15) is 0 Å². The Bertz CT molecular complexity index is 716. The van der Waals surface area contributed by atoms with E-state index in [0.29, 0.717) is 6.54 Å². The summed E-state index contributed by atoms with van der Waals surface area (Å²) < 4.78 is 11.4. The summed E-state index contributed by atoms with van der Waals surface area (Å²) in [5.74, 6) is 0. The molecule has 0 bridgehead atoms. The van der Waals surface area contributed by atoms with Crippen LogP contribution in [-0.2, 0) is 17.3 Å². The molecule has 1 unspecified atom stereocenters. The van der Waals surface area contributed by atoms with Crippen LogP contribution in [-0.4, -0.2) is 30.1 Å². The van der Waals surface area contributed by atoms with Gasteiger partial charge in [-0.1, -0.05) is 18.2 Å². The van der Waals surface area contributed by atoms with Gasteiger partial charge in [0.2, 0.25) is 0 Å². The number of anilines is 2. The summed E-state index contributed by atoms with van der Waals surface area (Å²) in [6.07, 6.45) is 1.64. The van der Waals surface area contributed by atoms with Gasteiger partial charge in [0, 0.05) is 53.5 Å². The molecule has 2 rings (SSSR count). The fourth-order valence-corrected chi connectivity index (χ4v) is 2.68. The summed E-state index contributed by atoms with van der Waals surface area (Å²) in [6, 6.07) is 14.8. The minimum Gasteiger partial charge on any atom is -0.375 e. The van der Waals surface area contributed by atoms with E-state index in [9.17, 15) is 9.00 Å². The Kier molecular flexibility index (Phi) is 6.37. The molecule has 128 valence electrons. The molecule has 1 atom stereocenters. The molecule has 2 amide bonds. The van der Waals surface area contributed by atoms with Crippen molar-refractivity contribution < 1.29 is 9.00 Å². The van der Waals surface area contributed by atoms with E-state index in [2.05, 4.69) is 22.5 Å².